The monoisotopic (exact) mass is 425 g/mol. The second-order valence-electron chi connectivity index (χ2n) is 7.56. The van der Waals surface area contributed by atoms with Gasteiger partial charge in [-0.05, 0) is 61.7 Å². The van der Waals surface area contributed by atoms with Gasteiger partial charge in [0, 0.05) is 10.7 Å². The van der Waals surface area contributed by atoms with Crippen molar-refractivity contribution in [2.75, 3.05) is 16.8 Å². The lowest BCUT2D eigenvalue weighted by atomic mass is 10.1. The number of nitrogens with zero attached hydrogens (tertiary/aromatic N) is 4. The number of carbonyl (C=O) groups excluding carboxylic acids is 3. The zero-order chi connectivity index (χ0) is 21.6. The van der Waals surface area contributed by atoms with Crippen molar-refractivity contribution in [3.05, 3.63) is 58.1 Å². The van der Waals surface area contributed by atoms with Crippen LogP contribution in [0, 0.1) is 20.8 Å². The number of anilines is 2. The largest absolute Gasteiger partial charge is 0.324 e. The van der Waals surface area contributed by atoms with Gasteiger partial charge in [-0.25, -0.2) is 4.90 Å². The Morgan fingerprint density at radius 1 is 1.07 bits per heavy atom. The summed E-state index contributed by atoms with van der Waals surface area (Å²) < 4.78 is 0. The Labute approximate surface area is 178 Å². The van der Waals surface area contributed by atoms with Gasteiger partial charge in [-0.15, -0.1) is 0 Å². The highest BCUT2D eigenvalue weighted by Crippen LogP contribution is 2.33. The van der Waals surface area contributed by atoms with E-state index in [0.717, 1.165) is 21.6 Å². The summed E-state index contributed by atoms with van der Waals surface area (Å²) in [6.07, 6.45) is 0. The fourth-order valence-electron chi connectivity index (χ4n) is 3.72. The van der Waals surface area contributed by atoms with Gasteiger partial charge in [-0.3, -0.25) is 19.4 Å². The highest BCUT2D eigenvalue weighted by Gasteiger charge is 2.55. The third-order valence-corrected chi connectivity index (χ3v) is 5.49. The van der Waals surface area contributed by atoms with E-state index >= 15 is 0 Å². The highest BCUT2D eigenvalue weighted by atomic mass is 35.5. The van der Waals surface area contributed by atoms with Crippen LogP contribution in [-0.4, -0.2) is 41.4 Å². The van der Waals surface area contributed by atoms with Crippen LogP contribution in [0.25, 0.3) is 0 Å². The van der Waals surface area contributed by atoms with Crippen molar-refractivity contribution in [3.8, 4) is 0 Å². The number of aryl methyl sites for hydroxylation is 3. The van der Waals surface area contributed by atoms with Crippen molar-refractivity contribution < 1.29 is 14.4 Å². The van der Waals surface area contributed by atoms with Gasteiger partial charge in [0.2, 0.25) is 5.91 Å². The van der Waals surface area contributed by atoms with Gasteiger partial charge in [0.15, 0.2) is 12.1 Å². The van der Waals surface area contributed by atoms with Crippen molar-refractivity contribution in [1.82, 2.24) is 5.01 Å². The quantitative estimate of drug-likeness (QED) is 0.761. The maximum Gasteiger partial charge on any atom is 0.263 e. The number of hydrogen-bond donors (Lipinski definition) is 1. The van der Waals surface area contributed by atoms with E-state index in [4.69, 9.17) is 11.6 Å². The summed E-state index contributed by atoms with van der Waals surface area (Å²) in [5, 5.41) is 12.4. The molecule has 8 nitrogen and oxygen atoms in total. The lowest BCUT2D eigenvalue weighted by Crippen LogP contribution is -2.43. The first kappa shape index (κ1) is 20.0. The molecule has 2 aromatic carbocycles. The molecule has 0 saturated carbocycles. The number of amides is 3. The number of benzene rings is 2. The fraction of sp³-hybridized carbons (Fsp3) is 0.286. The van der Waals surface area contributed by atoms with Gasteiger partial charge in [0.05, 0.1) is 5.69 Å². The molecule has 4 rings (SSSR count). The summed E-state index contributed by atoms with van der Waals surface area (Å²) in [4.78, 5) is 39.4. The summed E-state index contributed by atoms with van der Waals surface area (Å²) in [5.74, 6) is -1.31. The lowest BCUT2D eigenvalue weighted by molar-refractivity contribution is -0.123. The molecule has 0 aromatic heterocycles. The van der Waals surface area contributed by atoms with Crippen LogP contribution >= 0.6 is 11.6 Å². The average Bonchev–Trinajstić information content (AvgIpc) is 3.17. The summed E-state index contributed by atoms with van der Waals surface area (Å²) in [6, 6.07) is 8.77. The van der Waals surface area contributed by atoms with Crippen molar-refractivity contribution in [1.29, 1.82) is 0 Å². The van der Waals surface area contributed by atoms with E-state index in [9.17, 15) is 14.4 Å². The second kappa shape index (κ2) is 7.53. The molecule has 0 unspecified atom stereocenters. The van der Waals surface area contributed by atoms with Crippen LogP contribution in [0.5, 0.6) is 0 Å². The van der Waals surface area contributed by atoms with Crippen LogP contribution in [0.2, 0.25) is 5.02 Å². The molecule has 2 atom stereocenters. The molecular formula is C21H20ClN5O3. The van der Waals surface area contributed by atoms with E-state index in [0.29, 0.717) is 16.4 Å². The number of nitrogens with one attached hydrogen (secondary N) is 1. The Balaban J connectivity index is 1.50. The molecular weight excluding hydrogens is 406 g/mol. The predicted octanol–water partition coefficient (Wildman–Crippen LogP) is 3.20. The molecule has 3 amide bonds. The van der Waals surface area contributed by atoms with Gasteiger partial charge in [-0.2, -0.15) is 5.11 Å². The summed E-state index contributed by atoms with van der Waals surface area (Å²) in [6.45, 7) is 5.52. The fourth-order valence-corrected chi connectivity index (χ4v) is 3.90. The maximum absolute atomic E-state index is 13.0. The normalized spacial score (nSPS) is 20.1. The molecule has 154 valence electrons. The predicted molar refractivity (Wildman–Crippen MR) is 112 cm³/mol. The van der Waals surface area contributed by atoms with Gasteiger partial charge >= 0.3 is 0 Å². The highest BCUT2D eigenvalue weighted by molar-refractivity contribution is 6.32. The van der Waals surface area contributed by atoms with Gasteiger partial charge in [0.1, 0.15) is 6.54 Å². The van der Waals surface area contributed by atoms with Crippen molar-refractivity contribution in [2.45, 2.75) is 32.9 Å². The van der Waals surface area contributed by atoms with Crippen molar-refractivity contribution in [3.63, 3.8) is 0 Å². The van der Waals surface area contributed by atoms with Crippen molar-refractivity contribution in [2.24, 2.45) is 10.3 Å². The Kier molecular flexibility index (Phi) is 5.03. The molecule has 1 fully saturated rings. The molecule has 0 radical (unpaired) electrons. The standard InChI is InChI=1S/C21H20ClN5O3/c1-11-6-12(2)8-14(7-11)23-17(28)10-26-19-18(24-25-26)20(29)27(21(19)30)15-5-4-13(3)16(22)9-15/h4-9,18-19H,10H2,1-3H3,(H,23,28)/t18-,19-/m0/s1. The Morgan fingerprint density at radius 2 is 1.77 bits per heavy atom. The zero-order valence-electron chi connectivity index (χ0n) is 16.7. The molecule has 1 N–H and O–H groups in total. The molecule has 0 bridgehead atoms. The van der Waals surface area contributed by atoms with Crippen molar-refractivity contribution >= 4 is 40.7 Å². The van der Waals surface area contributed by atoms with Gasteiger partial charge in [0.25, 0.3) is 11.8 Å². The third-order valence-electron chi connectivity index (χ3n) is 5.08. The maximum atomic E-state index is 13.0. The van der Waals surface area contributed by atoms with Crippen LogP contribution in [0.4, 0.5) is 11.4 Å². The first-order valence-corrected chi connectivity index (χ1v) is 9.82. The van der Waals surface area contributed by atoms with Gasteiger partial charge < -0.3 is 5.32 Å². The first-order valence-electron chi connectivity index (χ1n) is 9.44. The topological polar surface area (TPSA) is 94.4 Å². The van der Waals surface area contributed by atoms with E-state index < -0.39 is 23.9 Å². The first-order chi connectivity index (χ1) is 14.2. The smallest absolute Gasteiger partial charge is 0.263 e. The van der Waals surface area contributed by atoms with E-state index in [1.54, 1.807) is 18.2 Å². The SMILES string of the molecule is Cc1cc(C)cc(NC(=O)CN2N=N[C@@H]3C(=O)N(c4ccc(C)c(Cl)c4)C(=O)[C@H]32)c1. The molecule has 2 aliphatic heterocycles. The molecule has 0 aliphatic carbocycles. The molecule has 30 heavy (non-hydrogen) atoms. The summed E-state index contributed by atoms with van der Waals surface area (Å²) >= 11 is 6.15. The zero-order valence-corrected chi connectivity index (χ0v) is 17.5. The van der Waals surface area contributed by atoms with Gasteiger partial charge in [-0.1, -0.05) is 29.0 Å². The second-order valence-corrected chi connectivity index (χ2v) is 7.97. The summed E-state index contributed by atoms with van der Waals surface area (Å²) in [7, 11) is 0. The van der Waals surface area contributed by atoms with Crippen LogP contribution in [0.1, 0.15) is 16.7 Å². The molecule has 2 aromatic rings. The van der Waals surface area contributed by atoms with E-state index in [1.807, 2.05) is 39.0 Å². The van der Waals surface area contributed by atoms with E-state index in [2.05, 4.69) is 15.7 Å². The summed E-state index contributed by atoms with van der Waals surface area (Å²) in [5.41, 5.74) is 3.93. The number of hydrogen-bond acceptors (Lipinski definition) is 6. The number of halogens is 1. The molecule has 1 saturated heterocycles. The molecule has 2 heterocycles. The van der Waals surface area contributed by atoms with Crippen LogP contribution < -0.4 is 10.2 Å². The Morgan fingerprint density at radius 3 is 2.43 bits per heavy atom. The minimum Gasteiger partial charge on any atom is -0.324 e. The van der Waals surface area contributed by atoms with Crippen LogP contribution in [-0.2, 0) is 14.4 Å². The van der Waals surface area contributed by atoms with E-state index in [1.165, 1.54) is 5.01 Å². The van der Waals surface area contributed by atoms with Crippen LogP contribution in [0.3, 0.4) is 0 Å². The molecule has 9 heteroatoms. The minimum atomic E-state index is -0.966. The average molecular weight is 426 g/mol. The van der Waals surface area contributed by atoms with Crippen LogP contribution in [0.15, 0.2) is 46.7 Å². The molecule has 2 aliphatic rings. The number of imide groups is 1. The number of carbonyl (C=O) groups is 3. The third kappa shape index (κ3) is 3.54. The minimum absolute atomic E-state index is 0.195. The molecule has 0 spiro atoms. The Hall–Kier alpha value is -3.26. The number of rotatable bonds is 4. The lowest BCUT2D eigenvalue weighted by Gasteiger charge is -2.20. The number of fused-ring (bicyclic) bond motifs is 1. The Bertz CT molecular complexity index is 1080. The van der Waals surface area contributed by atoms with E-state index in [-0.39, 0.29) is 12.5 Å².